The van der Waals surface area contributed by atoms with Crippen molar-refractivity contribution in [1.82, 2.24) is 10.2 Å². The van der Waals surface area contributed by atoms with E-state index in [0.717, 1.165) is 32.2 Å². The van der Waals surface area contributed by atoms with E-state index in [1.165, 1.54) is 6.07 Å². The number of hydrogen-bond acceptors (Lipinski definition) is 3. The fraction of sp³-hybridized carbons (Fsp3) is 0.571. The van der Waals surface area contributed by atoms with E-state index < -0.39 is 17.6 Å². The predicted octanol–water partition coefficient (Wildman–Crippen LogP) is 2.57. The van der Waals surface area contributed by atoms with Crippen molar-refractivity contribution in [3.05, 3.63) is 29.1 Å². The van der Waals surface area contributed by atoms with Crippen LogP contribution in [0, 0.1) is 5.82 Å². The average molecular weight is 304 g/mol. The van der Waals surface area contributed by atoms with Gasteiger partial charge in [-0.2, -0.15) is 13.2 Å². The van der Waals surface area contributed by atoms with E-state index in [1.807, 2.05) is 0 Å². The van der Waals surface area contributed by atoms with Gasteiger partial charge in [-0.05, 0) is 6.07 Å². The minimum absolute atomic E-state index is 0.0763. The van der Waals surface area contributed by atoms with Gasteiger partial charge in [-0.1, -0.05) is 6.07 Å². The summed E-state index contributed by atoms with van der Waals surface area (Å²) in [7, 11) is 0. The number of piperazine rings is 1. The molecule has 0 spiro atoms. The van der Waals surface area contributed by atoms with Crippen LogP contribution in [0.1, 0.15) is 23.6 Å². The van der Waals surface area contributed by atoms with Gasteiger partial charge >= 0.3 is 6.18 Å². The summed E-state index contributed by atoms with van der Waals surface area (Å²) < 4.78 is 57.6. The molecule has 1 fully saturated rings. The van der Waals surface area contributed by atoms with Gasteiger partial charge < -0.3 is 10.1 Å². The minimum Gasteiger partial charge on any atom is -0.490 e. The van der Waals surface area contributed by atoms with Crippen molar-refractivity contribution in [3.63, 3.8) is 0 Å². The molecule has 2 heterocycles. The zero-order valence-electron chi connectivity index (χ0n) is 11.3. The molecule has 0 radical (unpaired) electrons. The van der Waals surface area contributed by atoms with Gasteiger partial charge in [0.05, 0.1) is 12.2 Å². The topological polar surface area (TPSA) is 24.5 Å². The summed E-state index contributed by atoms with van der Waals surface area (Å²) in [6.07, 6.45) is -4.04. The highest BCUT2D eigenvalue weighted by Crippen LogP contribution is 2.42. The quantitative estimate of drug-likeness (QED) is 0.807. The molecular weight excluding hydrogens is 288 g/mol. The molecule has 0 aromatic heterocycles. The fourth-order valence-electron chi connectivity index (χ4n) is 3.00. The highest BCUT2D eigenvalue weighted by molar-refractivity contribution is 5.43. The lowest BCUT2D eigenvalue weighted by Gasteiger charge is -2.38. The van der Waals surface area contributed by atoms with Crippen LogP contribution in [0.5, 0.6) is 5.75 Å². The lowest BCUT2D eigenvalue weighted by molar-refractivity contribution is -0.140. The van der Waals surface area contributed by atoms with Crippen LogP contribution in [0.4, 0.5) is 17.6 Å². The molecule has 2 aliphatic rings. The molecular formula is C14H16F4N2O. The van der Waals surface area contributed by atoms with Gasteiger partial charge in [-0.25, -0.2) is 4.39 Å². The number of fused-ring (bicyclic) bond motifs is 1. The Morgan fingerprint density at radius 2 is 1.90 bits per heavy atom. The average Bonchev–Trinajstić information content (AvgIpc) is 2.47. The molecule has 3 rings (SSSR count). The van der Waals surface area contributed by atoms with Crippen molar-refractivity contribution in [2.24, 2.45) is 0 Å². The Labute approximate surface area is 119 Å². The first-order chi connectivity index (χ1) is 9.98. The van der Waals surface area contributed by atoms with Crippen molar-refractivity contribution in [2.75, 3.05) is 32.8 Å². The Kier molecular flexibility index (Phi) is 3.79. The van der Waals surface area contributed by atoms with Crippen LogP contribution in [0.3, 0.4) is 0 Å². The fourth-order valence-corrected chi connectivity index (χ4v) is 3.00. The molecule has 7 heteroatoms. The van der Waals surface area contributed by atoms with Crippen LogP contribution in [0.2, 0.25) is 0 Å². The molecule has 2 aliphatic heterocycles. The second-order valence-corrected chi connectivity index (χ2v) is 5.28. The number of hydrogen-bond donors (Lipinski definition) is 1. The van der Waals surface area contributed by atoms with E-state index in [2.05, 4.69) is 10.2 Å². The Hall–Kier alpha value is -1.34. The summed E-state index contributed by atoms with van der Waals surface area (Å²) in [4.78, 5) is 2.17. The van der Waals surface area contributed by atoms with Crippen molar-refractivity contribution >= 4 is 0 Å². The SMILES string of the molecule is Fc1c(C(F)(F)F)ccc2c1OCCC2N1CCNCC1. The lowest BCUT2D eigenvalue weighted by Crippen LogP contribution is -2.46. The summed E-state index contributed by atoms with van der Waals surface area (Å²) in [6.45, 7) is 3.49. The van der Waals surface area contributed by atoms with Crippen molar-refractivity contribution in [1.29, 1.82) is 0 Å². The van der Waals surface area contributed by atoms with E-state index in [0.29, 0.717) is 12.0 Å². The first-order valence-electron chi connectivity index (χ1n) is 6.95. The molecule has 0 saturated carbocycles. The maximum absolute atomic E-state index is 14.1. The number of nitrogens with one attached hydrogen (secondary N) is 1. The zero-order chi connectivity index (χ0) is 15.0. The van der Waals surface area contributed by atoms with Crippen LogP contribution in [0.15, 0.2) is 12.1 Å². The maximum Gasteiger partial charge on any atom is 0.419 e. The highest BCUT2D eigenvalue weighted by atomic mass is 19.4. The molecule has 1 aromatic carbocycles. The maximum atomic E-state index is 14.1. The summed E-state index contributed by atoms with van der Waals surface area (Å²) in [5.41, 5.74) is -0.740. The molecule has 1 saturated heterocycles. The van der Waals surface area contributed by atoms with E-state index >= 15 is 0 Å². The highest BCUT2D eigenvalue weighted by Gasteiger charge is 2.38. The molecule has 3 nitrogen and oxygen atoms in total. The summed E-state index contributed by atoms with van der Waals surface area (Å²) in [5.74, 6) is -1.53. The van der Waals surface area contributed by atoms with E-state index in [4.69, 9.17) is 4.74 Å². The zero-order valence-corrected chi connectivity index (χ0v) is 11.3. The molecule has 0 bridgehead atoms. The van der Waals surface area contributed by atoms with E-state index in [1.54, 1.807) is 0 Å². The van der Waals surface area contributed by atoms with Gasteiger partial charge in [-0.15, -0.1) is 0 Å². The van der Waals surface area contributed by atoms with E-state index in [-0.39, 0.29) is 18.4 Å². The molecule has 116 valence electrons. The third kappa shape index (κ3) is 2.72. The molecule has 1 unspecified atom stereocenters. The second-order valence-electron chi connectivity index (χ2n) is 5.28. The number of ether oxygens (including phenoxy) is 1. The van der Waals surface area contributed by atoms with Crippen molar-refractivity contribution in [3.8, 4) is 5.75 Å². The number of benzene rings is 1. The van der Waals surface area contributed by atoms with Gasteiger partial charge in [0, 0.05) is 44.2 Å². The lowest BCUT2D eigenvalue weighted by atomic mass is 9.96. The molecule has 0 aliphatic carbocycles. The second kappa shape index (κ2) is 5.46. The number of rotatable bonds is 1. The van der Waals surface area contributed by atoms with Gasteiger partial charge in [0.25, 0.3) is 0 Å². The van der Waals surface area contributed by atoms with Gasteiger partial charge in [-0.3, -0.25) is 4.90 Å². The van der Waals surface area contributed by atoms with Crippen LogP contribution in [0.25, 0.3) is 0 Å². The first-order valence-corrected chi connectivity index (χ1v) is 6.95. The van der Waals surface area contributed by atoms with Crippen molar-refractivity contribution < 1.29 is 22.3 Å². The van der Waals surface area contributed by atoms with Crippen LogP contribution in [-0.2, 0) is 6.18 Å². The normalized spacial score (nSPS) is 23.5. The van der Waals surface area contributed by atoms with Crippen molar-refractivity contribution in [2.45, 2.75) is 18.6 Å². The van der Waals surface area contributed by atoms with Gasteiger partial charge in [0.15, 0.2) is 11.6 Å². The number of halogens is 4. The minimum atomic E-state index is -4.70. The Morgan fingerprint density at radius 3 is 2.57 bits per heavy atom. The molecule has 21 heavy (non-hydrogen) atoms. The molecule has 1 atom stereocenters. The summed E-state index contributed by atoms with van der Waals surface area (Å²) in [5, 5.41) is 3.22. The summed E-state index contributed by atoms with van der Waals surface area (Å²) >= 11 is 0. The van der Waals surface area contributed by atoms with Crippen LogP contribution in [-0.4, -0.2) is 37.7 Å². The van der Waals surface area contributed by atoms with E-state index in [9.17, 15) is 17.6 Å². The Bertz CT molecular complexity index is 526. The summed E-state index contributed by atoms with van der Waals surface area (Å²) in [6, 6.07) is 2.10. The molecule has 1 N–H and O–H groups in total. The van der Waals surface area contributed by atoms with Gasteiger partial charge in [0.2, 0.25) is 0 Å². The monoisotopic (exact) mass is 304 g/mol. The largest absolute Gasteiger partial charge is 0.490 e. The molecule has 0 amide bonds. The smallest absolute Gasteiger partial charge is 0.419 e. The third-order valence-corrected chi connectivity index (χ3v) is 4.02. The third-order valence-electron chi connectivity index (χ3n) is 4.02. The first kappa shape index (κ1) is 14.6. The number of alkyl halides is 3. The standard InChI is InChI=1S/C14H16F4N2O/c15-12-10(14(16,17)18)2-1-9-11(3-8-21-13(9)12)20-6-4-19-5-7-20/h1-2,11,19H,3-8H2. The predicted molar refractivity (Wildman–Crippen MR) is 68.7 cm³/mol. The van der Waals surface area contributed by atoms with Crippen LogP contribution < -0.4 is 10.1 Å². The van der Waals surface area contributed by atoms with Gasteiger partial charge in [0.1, 0.15) is 0 Å². The Balaban J connectivity index is 1.97. The molecule has 1 aromatic rings. The number of nitrogens with zero attached hydrogens (tertiary/aromatic N) is 1. The van der Waals surface area contributed by atoms with Crippen LogP contribution >= 0.6 is 0 Å². The Morgan fingerprint density at radius 1 is 1.19 bits per heavy atom.